The van der Waals surface area contributed by atoms with Crippen LogP contribution < -0.4 is 15.0 Å². The molecule has 96 valence electrons. The van der Waals surface area contributed by atoms with Gasteiger partial charge in [-0.25, -0.2) is 15.1 Å². The summed E-state index contributed by atoms with van der Waals surface area (Å²) in [5.41, 5.74) is 0.938. The SMILES string of the molecule is COc1ccc(C=CC(=O)Nc2cccc[nH+]2)cc1. The molecule has 0 bridgehead atoms. The molecule has 0 saturated heterocycles. The van der Waals surface area contributed by atoms with Crippen molar-refractivity contribution < 1.29 is 14.5 Å². The monoisotopic (exact) mass is 255 g/mol. The number of pyridine rings is 1. The van der Waals surface area contributed by atoms with E-state index in [1.807, 2.05) is 36.4 Å². The van der Waals surface area contributed by atoms with Gasteiger partial charge in [0.2, 0.25) is 0 Å². The lowest BCUT2D eigenvalue weighted by molar-refractivity contribution is -0.360. The summed E-state index contributed by atoms with van der Waals surface area (Å²) in [6.07, 6.45) is 4.99. The van der Waals surface area contributed by atoms with Crippen molar-refractivity contribution in [1.29, 1.82) is 0 Å². The van der Waals surface area contributed by atoms with Gasteiger partial charge >= 0.3 is 5.91 Å². The van der Waals surface area contributed by atoms with Crippen LogP contribution in [0.15, 0.2) is 54.7 Å². The Kier molecular flexibility index (Phi) is 4.29. The lowest BCUT2D eigenvalue weighted by Gasteiger charge is -1.98. The molecule has 2 N–H and O–H groups in total. The van der Waals surface area contributed by atoms with Crippen LogP contribution in [0.5, 0.6) is 5.75 Å². The van der Waals surface area contributed by atoms with E-state index in [-0.39, 0.29) is 5.91 Å². The summed E-state index contributed by atoms with van der Waals surface area (Å²) in [5, 5.41) is 2.73. The van der Waals surface area contributed by atoms with Gasteiger partial charge in [-0.1, -0.05) is 18.2 Å². The molecule has 1 heterocycles. The first-order valence-electron chi connectivity index (χ1n) is 5.88. The number of rotatable bonds is 4. The van der Waals surface area contributed by atoms with Crippen LogP contribution in [0.2, 0.25) is 0 Å². The van der Waals surface area contributed by atoms with Gasteiger partial charge in [0, 0.05) is 12.1 Å². The third-order valence-electron chi connectivity index (χ3n) is 2.51. The third kappa shape index (κ3) is 3.96. The van der Waals surface area contributed by atoms with Gasteiger partial charge in [-0.2, -0.15) is 0 Å². The number of amides is 1. The van der Waals surface area contributed by atoms with Crippen LogP contribution in [0.3, 0.4) is 0 Å². The molecule has 19 heavy (non-hydrogen) atoms. The smallest absolute Gasteiger partial charge is 0.331 e. The number of aromatic amines is 1. The van der Waals surface area contributed by atoms with Crippen molar-refractivity contribution in [2.75, 3.05) is 12.4 Å². The zero-order chi connectivity index (χ0) is 13.5. The summed E-state index contributed by atoms with van der Waals surface area (Å²) < 4.78 is 5.07. The largest absolute Gasteiger partial charge is 0.497 e. The van der Waals surface area contributed by atoms with Crippen LogP contribution in [0.1, 0.15) is 5.56 Å². The lowest BCUT2D eigenvalue weighted by Crippen LogP contribution is -2.16. The van der Waals surface area contributed by atoms with Crippen molar-refractivity contribution in [3.63, 3.8) is 0 Å². The van der Waals surface area contributed by atoms with Gasteiger partial charge in [-0.3, -0.25) is 0 Å². The van der Waals surface area contributed by atoms with Crippen LogP contribution in [0.4, 0.5) is 5.82 Å². The van der Waals surface area contributed by atoms with E-state index < -0.39 is 0 Å². The molecular weight excluding hydrogens is 240 g/mol. The molecule has 1 aromatic carbocycles. The molecule has 0 atom stereocenters. The second kappa shape index (κ2) is 6.35. The topological polar surface area (TPSA) is 52.5 Å². The van der Waals surface area contributed by atoms with E-state index in [4.69, 9.17) is 4.74 Å². The summed E-state index contributed by atoms with van der Waals surface area (Å²) in [4.78, 5) is 14.6. The molecule has 1 amide bonds. The summed E-state index contributed by atoms with van der Waals surface area (Å²) in [6, 6.07) is 13.0. The van der Waals surface area contributed by atoms with E-state index in [9.17, 15) is 4.79 Å². The Morgan fingerprint density at radius 1 is 1.21 bits per heavy atom. The molecule has 4 nitrogen and oxygen atoms in total. The lowest BCUT2D eigenvalue weighted by atomic mass is 10.2. The minimum absolute atomic E-state index is 0.182. The Balaban J connectivity index is 1.96. The van der Waals surface area contributed by atoms with Gasteiger partial charge in [0.1, 0.15) is 5.75 Å². The Hall–Kier alpha value is -2.62. The molecule has 0 aliphatic heterocycles. The molecule has 2 aromatic rings. The molecular formula is C15H15N2O2+. The highest BCUT2D eigenvalue weighted by atomic mass is 16.5. The molecule has 0 aliphatic carbocycles. The molecule has 0 fully saturated rings. The third-order valence-corrected chi connectivity index (χ3v) is 2.51. The number of hydrogen-bond donors (Lipinski definition) is 1. The molecule has 0 spiro atoms. The zero-order valence-corrected chi connectivity index (χ0v) is 10.6. The van der Waals surface area contributed by atoms with E-state index in [2.05, 4.69) is 10.3 Å². The average molecular weight is 255 g/mol. The number of ether oxygens (including phenoxy) is 1. The highest BCUT2D eigenvalue weighted by molar-refractivity contribution is 6.00. The number of carbonyl (C=O) groups excluding carboxylic acids is 1. The summed E-state index contributed by atoms with van der Waals surface area (Å²) in [6.45, 7) is 0. The molecule has 0 aliphatic rings. The number of hydrogen-bond acceptors (Lipinski definition) is 2. The van der Waals surface area contributed by atoms with E-state index >= 15 is 0 Å². The van der Waals surface area contributed by atoms with E-state index in [0.29, 0.717) is 5.82 Å². The molecule has 0 radical (unpaired) electrons. The van der Waals surface area contributed by atoms with Crippen LogP contribution in [-0.4, -0.2) is 13.0 Å². The van der Waals surface area contributed by atoms with Crippen LogP contribution in [0.25, 0.3) is 6.08 Å². The molecule has 0 unspecified atom stereocenters. The van der Waals surface area contributed by atoms with Crippen molar-refractivity contribution in [3.8, 4) is 5.75 Å². The minimum Gasteiger partial charge on any atom is -0.497 e. The maximum Gasteiger partial charge on any atom is 0.331 e. The van der Waals surface area contributed by atoms with Crippen LogP contribution in [-0.2, 0) is 4.79 Å². The fraction of sp³-hybridized carbons (Fsp3) is 0.0667. The predicted molar refractivity (Wildman–Crippen MR) is 73.7 cm³/mol. The number of nitrogens with one attached hydrogen (secondary N) is 2. The highest BCUT2D eigenvalue weighted by Gasteiger charge is 2.04. The number of aromatic nitrogens is 1. The van der Waals surface area contributed by atoms with E-state index in [1.165, 1.54) is 6.08 Å². The van der Waals surface area contributed by atoms with Gasteiger partial charge in [0.25, 0.3) is 5.82 Å². The Morgan fingerprint density at radius 2 is 2.00 bits per heavy atom. The highest BCUT2D eigenvalue weighted by Crippen LogP contribution is 2.12. The van der Waals surface area contributed by atoms with Crippen LogP contribution >= 0.6 is 0 Å². The quantitative estimate of drug-likeness (QED) is 0.851. The van der Waals surface area contributed by atoms with Gasteiger partial charge in [0.05, 0.1) is 13.3 Å². The van der Waals surface area contributed by atoms with Crippen molar-refractivity contribution in [2.24, 2.45) is 0 Å². The molecule has 1 aromatic heterocycles. The van der Waals surface area contributed by atoms with Crippen molar-refractivity contribution in [3.05, 3.63) is 60.3 Å². The van der Waals surface area contributed by atoms with Crippen molar-refractivity contribution >= 4 is 17.8 Å². The predicted octanol–water partition coefficient (Wildman–Crippen LogP) is 2.16. The standard InChI is InChI=1S/C15H14N2O2/c1-19-13-8-5-12(6-9-13)7-10-15(18)17-14-4-2-3-11-16-14/h2-11H,1H3,(H,16,17,18)/p+1. The molecule has 2 rings (SSSR count). The summed E-state index contributed by atoms with van der Waals surface area (Å²) >= 11 is 0. The number of anilines is 1. The van der Waals surface area contributed by atoms with Crippen molar-refractivity contribution in [2.45, 2.75) is 0 Å². The van der Waals surface area contributed by atoms with Crippen LogP contribution in [0, 0.1) is 0 Å². The number of H-pyrrole nitrogens is 1. The number of benzene rings is 1. The Bertz CT molecular complexity index is 562. The van der Waals surface area contributed by atoms with Gasteiger partial charge in [-0.05, 0) is 29.8 Å². The Morgan fingerprint density at radius 3 is 2.63 bits per heavy atom. The van der Waals surface area contributed by atoms with Gasteiger partial charge in [0.15, 0.2) is 0 Å². The van der Waals surface area contributed by atoms with Gasteiger partial charge in [-0.15, -0.1) is 0 Å². The summed E-state index contributed by atoms with van der Waals surface area (Å²) in [7, 11) is 1.62. The first-order valence-corrected chi connectivity index (χ1v) is 5.88. The maximum atomic E-state index is 11.7. The molecule has 0 saturated carbocycles. The molecule has 4 heteroatoms. The summed E-state index contributed by atoms with van der Waals surface area (Å²) in [5.74, 6) is 1.27. The fourth-order valence-corrected chi connectivity index (χ4v) is 1.53. The number of carbonyl (C=O) groups is 1. The normalized spacial score (nSPS) is 10.4. The first-order chi connectivity index (χ1) is 9.28. The number of methoxy groups -OCH3 is 1. The fourth-order valence-electron chi connectivity index (χ4n) is 1.53. The first kappa shape index (κ1) is 12.8. The van der Waals surface area contributed by atoms with Gasteiger partial charge < -0.3 is 4.74 Å². The van der Waals surface area contributed by atoms with E-state index in [1.54, 1.807) is 25.4 Å². The second-order valence-electron chi connectivity index (χ2n) is 3.87. The average Bonchev–Trinajstić information content (AvgIpc) is 2.47. The Labute approximate surface area is 111 Å². The van der Waals surface area contributed by atoms with Crippen molar-refractivity contribution in [1.82, 2.24) is 0 Å². The maximum absolute atomic E-state index is 11.7. The van der Waals surface area contributed by atoms with E-state index in [0.717, 1.165) is 11.3 Å². The zero-order valence-electron chi connectivity index (χ0n) is 10.6. The minimum atomic E-state index is -0.182. The second-order valence-corrected chi connectivity index (χ2v) is 3.87.